The van der Waals surface area contributed by atoms with Gasteiger partial charge in [0.1, 0.15) is 23.5 Å². The molecular formula is C25H18Cl2FN3O5. The van der Waals surface area contributed by atoms with Crippen LogP contribution in [0.1, 0.15) is 26.9 Å². The number of hydrogen-bond donors (Lipinski definition) is 0. The normalized spacial score (nSPS) is 21.4. The lowest BCUT2D eigenvalue weighted by atomic mass is 10.1. The van der Waals surface area contributed by atoms with Crippen LogP contribution in [0.3, 0.4) is 0 Å². The fraction of sp³-hybridized carbons (Fsp3) is 0.200. The van der Waals surface area contributed by atoms with E-state index in [9.17, 15) is 9.59 Å². The summed E-state index contributed by atoms with van der Waals surface area (Å²) in [5.41, 5.74) is 0.799. The van der Waals surface area contributed by atoms with Crippen LogP contribution in [0.15, 0.2) is 72.9 Å². The zero-order valence-electron chi connectivity index (χ0n) is 18.5. The molecule has 0 saturated carbocycles. The molecule has 1 saturated heterocycles. The lowest BCUT2D eigenvalue weighted by molar-refractivity contribution is -0.0568. The number of benzene rings is 2. The van der Waals surface area contributed by atoms with E-state index < -0.39 is 36.5 Å². The van der Waals surface area contributed by atoms with Gasteiger partial charge in [0.2, 0.25) is 5.28 Å². The fourth-order valence-electron chi connectivity index (χ4n) is 3.95. The third-order valence-corrected chi connectivity index (χ3v) is 6.14. The average molecular weight is 530 g/mol. The molecule has 1 fully saturated rings. The van der Waals surface area contributed by atoms with E-state index in [-0.39, 0.29) is 28.3 Å². The van der Waals surface area contributed by atoms with E-state index in [0.29, 0.717) is 10.9 Å². The zero-order chi connectivity index (χ0) is 25.2. The van der Waals surface area contributed by atoms with Crippen molar-refractivity contribution in [3.63, 3.8) is 0 Å². The molecule has 8 nitrogen and oxygen atoms in total. The van der Waals surface area contributed by atoms with Gasteiger partial charge in [0, 0.05) is 6.20 Å². The maximum absolute atomic E-state index is 15.8. The Morgan fingerprint density at radius 3 is 2.25 bits per heavy atom. The van der Waals surface area contributed by atoms with E-state index >= 15 is 4.39 Å². The summed E-state index contributed by atoms with van der Waals surface area (Å²) in [5.74, 6) is -1.36. The lowest BCUT2D eigenvalue weighted by Gasteiger charge is -2.19. The predicted octanol–water partition coefficient (Wildman–Crippen LogP) is 5.06. The molecule has 0 aliphatic carbocycles. The SMILES string of the molecule is O=C(OC[C@H]1O[C@@H](n2ccc3c(Cl)nc(Cl)nc32)[C@H](F)C1OC(=O)c1ccccc1)c1ccccc1. The molecule has 3 heterocycles. The van der Waals surface area contributed by atoms with Crippen molar-refractivity contribution in [2.75, 3.05) is 6.61 Å². The molecule has 1 unspecified atom stereocenters. The first kappa shape index (κ1) is 24.2. The van der Waals surface area contributed by atoms with Crippen LogP contribution in [0.5, 0.6) is 0 Å². The maximum atomic E-state index is 15.8. The number of alkyl halides is 1. The number of nitrogens with zero attached hydrogens (tertiary/aromatic N) is 3. The van der Waals surface area contributed by atoms with E-state index in [4.69, 9.17) is 37.4 Å². The van der Waals surface area contributed by atoms with Gasteiger partial charge in [-0.2, -0.15) is 4.98 Å². The van der Waals surface area contributed by atoms with E-state index in [1.165, 1.54) is 10.8 Å². The van der Waals surface area contributed by atoms with Crippen molar-refractivity contribution in [3.05, 3.63) is 94.5 Å². The number of rotatable bonds is 6. The minimum atomic E-state index is -1.83. The van der Waals surface area contributed by atoms with Crippen molar-refractivity contribution in [2.45, 2.75) is 24.6 Å². The summed E-state index contributed by atoms with van der Waals surface area (Å²) >= 11 is 12.1. The molecular weight excluding hydrogens is 512 g/mol. The Hall–Kier alpha value is -3.53. The Bertz CT molecular complexity index is 1400. The van der Waals surface area contributed by atoms with Crippen molar-refractivity contribution in [1.82, 2.24) is 14.5 Å². The second-order valence-electron chi connectivity index (χ2n) is 7.95. The third kappa shape index (κ3) is 4.77. The first-order valence-electron chi connectivity index (χ1n) is 10.9. The molecule has 0 radical (unpaired) electrons. The van der Waals surface area contributed by atoms with Gasteiger partial charge >= 0.3 is 11.9 Å². The van der Waals surface area contributed by atoms with Gasteiger partial charge in [-0.05, 0) is 41.9 Å². The van der Waals surface area contributed by atoms with Crippen molar-refractivity contribution < 1.29 is 28.2 Å². The quantitative estimate of drug-likeness (QED) is 0.196. The highest BCUT2D eigenvalue weighted by Gasteiger charge is 2.49. The summed E-state index contributed by atoms with van der Waals surface area (Å²) in [5, 5.41) is 0.410. The summed E-state index contributed by atoms with van der Waals surface area (Å²) < 4.78 is 34.1. The molecule has 36 heavy (non-hydrogen) atoms. The number of fused-ring (bicyclic) bond motifs is 1. The minimum absolute atomic E-state index is 0.0950. The number of esters is 2. The van der Waals surface area contributed by atoms with Crippen molar-refractivity contribution in [3.8, 4) is 0 Å². The number of aromatic nitrogens is 3. The van der Waals surface area contributed by atoms with Crippen LogP contribution >= 0.6 is 23.2 Å². The lowest BCUT2D eigenvalue weighted by Crippen LogP contribution is -2.37. The Morgan fingerprint density at radius 2 is 1.58 bits per heavy atom. The van der Waals surface area contributed by atoms with Gasteiger partial charge in [0.15, 0.2) is 18.5 Å². The van der Waals surface area contributed by atoms with Gasteiger partial charge in [-0.25, -0.2) is 19.0 Å². The van der Waals surface area contributed by atoms with Crippen molar-refractivity contribution >= 4 is 46.2 Å². The third-order valence-electron chi connectivity index (χ3n) is 5.68. The molecule has 2 aromatic carbocycles. The van der Waals surface area contributed by atoms with Crippen LogP contribution in [0.25, 0.3) is 11.0 Å². The molecule has 11 heteroatoms. The Balaban J connectivity index is 1.42. The van der Waals surface area contributed by atoms with Crippen LogP contribution in [0, 0.1) is 0 Å². The van der Waals surface area contributed by atoms with Crippen LogP contribution in [0.4, 0.5) is 4.39 Å². The van der Waals surface area contributed by atoms with Gasteiger partial charge in [-0.1, -0.05) is 48.0 Å². The molecule has 1 aliphatic rings. The Labute approximate surface area is 214 Å². The average Bonchev–Trinajstić information content (AvgIpc) is 3.44. The van der Waals surface area contributed by atoms with E-state index in [2.05, 4.69) is 9.97 Å². The molecule has 4 aromatic rings. The summed E-state index contributed by atoms with van der Waals surface area (Å²) in [6.07, 6.45) is -4.06. The minimum Gasteiger partial charge on any atom is -0.459 e. The molecule has 0 amide bonds. The number of halogens is 3. The monoisotopic (exact) mass is 529 g/mol. The maximum Gasteiger partial charge on any atom is 0.338 e. The van der Waals surface area contributed by atoms with E-state index in [1.807, 2.05) is 0 Å². The Kier molecular flexibility index (Phi) is 6.86. The topological polar surface area (TPSA) is 92.5 Å². The van der Waals surface area contributed by atoms with Crippen LogP contribution in [0.2, 0.25) is 10.4 Å². The summed E-state index contributed by atoms with van der Waals surface area (Å²) in [7, 11) is 0. The first-order chi connectivity index (χ1) is 17.4. The van der Waals surface area contributed by atoms with Gasteiger partial charge in [0.25, 0.3) is 0 Å². The molecule has 0 spiro atoms. The number of hydrogen-bond acceptors (Lipinski definition) is 7. The number of carbonyl (C=O) groups is 2. The second kappa shape index (κ2) is 10.2. The number of carbonyl (C=O) groups excluding carboxylic acids is 2. The smallest absolute Gasteiger partial charge is 0.338 e. The Morgan fingerprint density at radius 1 is 0.944 bits per heavy atom. The van der Waals surface area contributed by atoms with Crippen LogP contribution in [-0.4, -0.2) is 51.5 Å². The first-order valence-corrected chi connectivity index (χ1v) is 11.7. The van der Waals surface area contributed by atoms with E-state index in [1.54, 1.807) is 66.7 Å². The molecule has 0 N–H and O–H groups in total. The largest absolute Gasteiger partial charge is 0.459 e. The summed E-state index contributed by atoms with van der Waals surface area (Å²) in [6.45, 7) is -0.354. The molecule has 2 aromatic heterocycles. The fourth-order valence-corrected chi connectivity index (χ4v) is 4.39. The molecule has 4 atom stereocenters. The number of ether oxygens (including phenoxy) is 3. The van der Waals surface area contributed by atoms with E-state index in [0.717, 1.165) is 0 Å². The zero-order valence-corrected chi connectivity index (χ0v) is 20.0. The highest BCUT2D eigenvalue weighted by atomic mass is 35.5. The highest BCUT2D eigenvalue weighted by Crippen LogP contribution is 2.37. The van der Waals surface area contributed by atoms with Gasteiger partial charge in [0.05, 0.1) is 16.5 Å². The molecule has 5 rings (SSSR count). The molecule has 1 aliphatic heterocycles. The van der Waals surface area contributed by atoms with Crippen LogP contribution in [-0.2, 0) is 14.2 Å². The second-order valence-corrected chi connectivity index (χ2v) is 8.65. The van der Waals surface area contributed by atoms with Gasteiger partial charge in [-0.15, -0.1) is 0 Å². The molecule has 184 valence electrons. The van der Waals surface area contributed by atoms with Gasteiger partial charge in [-0.3, -0.25) is 0 Å². The summed E-state index contributed by atoms with van der Waals surface area (Å²) in [6, 6.07) is 18.1. The highest BCUT2D eigenvalue weighted by molar-refractivity contribution is 6.35. The predicted molar refractivity (Wildman–Crippen MR) is 129 cm³/mol. The van der Waals surface area contributed by atoms with Crippen molar-refractivity contribution in [2.24, 2.45) is 0 Å². The molecule has 0 bridgehead atoms. The van der Waals surface area contributed by atoms with Gasteiger partial charge < -0.3 is 18.8 Å². The standard InChI is InChI=1S/C25H18Cl2FN3O5/c26-20-16-11-12-31(21(16)30-25(27)29-20)22-18(28)19(36-24(33)15-9-5-2-6-10-15)17(35-22)13-34-23(32)14-7-3-1-4-8-14/h1-12,17-19,22H,13H2/t17-,18-,19?,22-/m1/s1. The van der Waals surface area contributed by atoms with Crippen LogP contribution < -0.4 is 0 Å². The van der Waals surface area contributed by atoms with Crippen molar-refractivity contribution in [1.29, 1.82) is 0 Å². The summed E-state index contributed by atoms with van der Waals surface area (Å²) in [4.78, 5) is 33.2.